The molecule has 0 spiro atoms. The maximum Gasteiger partial charge on any atom is 0.433 e. The summed E-state index contributed by atoms with van der Waals surface area (Å²) < 4.78 is 4.75. The van der Waals surface area contributed by atoms with Crippen LogP contribution in [-0.2, 0) is 6.54 Å². The number of amides is 1. The minimum atomic E-state index is -0.697. The fraction of sp³-hybridized carbons (Fsp3) is 0.111. The summed E-state index contributed by atoms with van der Waals surface area (Å²) in [7, 11) is 0. The van der Waals surface area contributed by atoms with E-state index in [9.17, 15) is 14.9 Å². The van der Waals surface area contributed by atoms with Gasteiger partial charge < -0.3 is 9.73 Å². The van der Waals surface area contributed by atoms with Crippen molar-refractivity contribution in [2.45, 2.75) is 6.54 Å². The van der Waals surface area contributed by atoms with Crippen LogP contribution in [0.3, 0.4) is 0 Å². The Morgan fingerprint density at radius 3 is 3.00 bits per heavy atom. The first kappa shape index (κ1) is 11.3. The van der Waals surface area contributed by atoms with Crippen LogP contribution in [0.2, 0.25) is 0 Å². The highest BCUT2D eigenvalue weighted by atomic mass is 32.1. The third kappa shape index (κ3) is 2.67. The van der Waals surface area contributed by atoms with E-state index in [1.165, 1.54) is 17.4 Å². The van der Waals surface area contributed by atoms with Crippen LogP contribution >= 0.6 is 11.3 Å². The van der Waals surface area contributed by atoms with Crippen molar-refractivity contribution >= 4 is 23.1 Å². The van der Waals surface area contributed by atoms with Crippen LogP contribution in [0.25, 0.3) is 0 Å². The summed E-state index contributed by atoms with van der Waals surface area (Å²) in [6.07, 6.45) is 1.63. The second-order valence-corrected chi connectivity index (χ2v) is 3.98. The quantitative estimate of drug-likeness (QED) is 0.658. The average Bonchev–Trinajstić information content (AvgIpc) is 2.96. The van der Waals surface area contributed by atoms with Crippen LogP contribution in [0.15, 0.2) is 28.1 Å². The zero-order valence-electron chi connectivity index (χ0n) is 8.45. The fourth-order valence-corrected chi connectivity index (χ4v) is 1.69. The fourth-order valence-electron chi connectivity index (χ4n) is 1.13. The molecule has 1 amide bonds. The molecular weight excluding hydrogens is 246 g/mol. The van der Waals surface area contributed by atoms with Crippen molar-refractivity contribution in [2.75, 3.05) is 0 Å². The van der Waals surface area contributed by atoms with E-state index >= 15 is 0 Å². The number of nitro groups is 1. The van der Waals surface area contributed by atoms with Gasteiger partial charge in [0.15, 0.2) is 5.76 Å². The molecular formula is C9H7N3O4S. The number of carbonyl (C=O) groups is 1. The lowest BCUT2D eigenvalue weighted by Gasteiger charge is -1.98. The lowest BCUT2D eigenvalue weighted by Crippen LogP contribution is -2.22. The molecule has 1 N–H and O–H groups in total. The number of hydrogen-bond acceptors (Lipinski definition) is 6. The molecule has 0 aliphatic rings. The van der Waals surface area contributed by atoms with Crippen molar-refractivity contribution in [3.05, 3.63) is 44.6 Å². The summed E-state index contributed by atoms with van der Waals surface area (Å²) >= 11 is 1.41. The largest absolute Gasteiger partial charge is 0.433 e. The molecule has 2 aromatic rings. The molecule has 0 saturated carbocycles. The first-order chi connectivity index (χ1) is 8.16. The van der Waals surface area contributed by atoms with Crippen molar-refractivity contribution in [1.29, 1.82) is 0 Å². The molecule has 0 bridgehead atoms. The van der Waals surface area contributed by atoms with Crippen molar-refractivity contribution in [1.82, 2.24) is 10.3 Å². The second-order valence-electron chi connectivity index (χ2n) is 3.00. The van der Waals surface area contributed by atoms with Gasteiger partial charge in [-0.1, -0.05) is 0 Å². The summed E-state index contributed by atoms with van der Waals surface area (Å²) in [5.74, 6) is -1.05. The first-order valence-corrected chi connectivity index (χ1v) is 5.45. The highest BCUT2D eigenvalue weighted by molar-refractivity contribution is 7.09. The normalized spacial score (nSPS) is 10.1. The van der Waals surface area contributed by atoms with Gasteiger partial charge in [0.25, 0.3) is 5.91 Å². The van der Waals surface area contributed by atoms with Gasteiger partial charge in [-0.25, -0.2) is 4.98 Å². The highest BCUT2D eigenvalue weighted by Crippen LogP contribution is 2.15. The zero-order valence-corrected chi connectivity index (χ0v) is 9.27. The monoisotopic (exact) mass is 253 g/mol. The Kier molecular flexibility index (Phi) is 3.15. The van der Waals surface area contributed by atoms with Gasteiger partial charge in [-0.3, -0.25) is 14.9 Å². The molecule has 88 valence electrons. The van der Waals surface area contributed by atoms with E-state index in [2.05, 4.69) is 10.3 Å². The SMILES string of the molecule is O=C(NCc1nccs1)c1ccc([N+](=O)[O-])o1. The van der Waals surface area contributed by atoms with Crippen LogP contribution in [0.1, 0.15) is 15.6 Å². The molecule has 8 heteroatoms. The van der Waals surface area contributed by atoms with E-state index in [1.54, 1.807) is 11.6 Å². The van der Waals surface area contributed by atoms with Gasteiger partial charge >= 0.3 is 5.88 Å². The number of thiazole rings is 1. The number of furan rings is 1. The van der Waals surface area contributed by atoms with Gasteiger partial charge in [-0.15, -0.1) is 11.3 Å². The first-order valence-electron chi connectivity index (χ1n) is 4.57. The summed E-state index contributed by atoms with van der Waals surface area (Å²) in [6.45, 7) is 0.269. The summed E-state index contributed by atoms with van der Waals surface area (Å²) in [6, 6.07) is 2.40. The molecule has 2 heterocycles. The Labute approximate surface area is 99.2 Å². The molecule has 0 unspecified atom stereocenters. The molecule has 0 aliphatic carbocycles. The topological polar surface area (TPSA) is 98.3 Å². The number of carbonyl (C=O) groups excluding carboxylic acids is 1. The van der Waals surface area contributed by atoms with Gasteiger partial charge in [0, 0.05) is 11.6 Å². The van der Waals surface area contributed by atoms with E-state index in [4.69, 9.17) is 4.42 Å². The van der Waals surface area contributed by atoms with Crippen molar-refractivity contribution in [2.24, 2.45) is 0 Å². The zero-order chi connectivity index (χ0) is 12.3. The Morgan fingerprint density at radius 1 is 1.59 bits per heavy atom. The Bertz CT molecular complexity index is 534. The number of nitrogens with zero attached hydrogens (tertiary/aromatic N) is 2. The molecule has 0 saturated heterocycles. The number of hydrogen-bond donors (Lipinski definition) is 1. The summed E-state index contributed by atoms with van der Waals surface area (Å²) in [5, 5.41) is 15.4. The average molecular weight is 253 g/mol. The van der Waals surface area contributed by atoms with Crippen LogP contribution in [-0.4, -0.2) is 15.8 Å². The van der Waals surface area contributed by atoms with Gasteiger partial charge in [0.2, 0.25) is 0 Å². The maximum atomic E-state index is 11.5. The van der Waals surface area contributed by atoms with Crippen molar-refractivity contribution in [3.63, 3.8) is 0 Å². The minimum Gasteiger partial charge on any atom is -0.395 e. The van der Waals surface area contributed by atoms with Crippen molar-refractivity contribution in [3.8, 4) is 0 Å². The second kappa shape index (κ2) is 4.74. The molecule has 0 fully saturated rings. The van der Waals surface area contributed by atoms with Crippen LogP contribution < -0.4 is 5.32 Å². The van der Waals surface area contributed by atoms with E-state index in [0.717, 1.165) is 11.1 Å². The van der Waals surface area contributed by atoms with Gasteiger partial charge in [0.05, 0.1) is 12.6 Å². The Balaban J connectivity index is 1.97. The van der Waals surface area contributed by atoms with E-state index in [0.29, 0.717) is 0 Å². The highest BCUT2D eigenvalue weighted by Gasteiger charge is 2.16. The third-order valence-corrected chi connectivity index (χ3v) is 2.66. The third-order valence-electron chi connectivity index (χ3n) is 1.88. The molecule has 0 atom stereocenters. The van der Waals surface area contributed by atoms with E-state index in [-0.39, 0.29) is 12.3 Å². The number of aromatic nitrogens is 1. The summed E-state index contributed by atoms with van der Waals surface area (Å²) in [5.41, 5.74) is 0. The summed E-state index contributed by atoms with van der Waals surface area (Å²) in [4.78, 5) is 25.2. The van der Waals surface area contributed by atoms with Crippen LogP contribution in [0.4, 0.5) is 5.88 Å². The Morgan fingerprint density at radius 2 is 2.41 bits per heavy atom. The molecule has 2 aromatic heterocycles. The lowest BCUT2D eigenvalue weighted by atomic mass is 10.4. The molecule has 0 radical (unpaired) electrons. The van der Waals surface area contributed by atoms with E-state index in [1.807, 2.05) is 0 Å². The minimum absolute atomic E-state index is 0.0896. The molecule has 0 aromatic carbocycles. The lowest BCUT2D eigenvalue weighted by molar-refractivity contribution is -0.402. The smallest absolute Gasteiger partial charge is 0.395 e. The van der Waals surface area contributed by atoms with Crippen LogP contribution in [0.5, 0.6) is 0 Å². The Hall–Kier alpha value is -2.22. The molecule has 0 aliphatic heterocycles. The molecule has 2 rings (SSSR count). The predicted molar refractivity (Wildman–Crippen MR) is 58.6 cm³/mol. The van der Waals surface area contributed by atoms with E-state index < -0.39 is 16.7 Å². The predicted octanol–water partition coefficient (Wildman–Crippen LogP) is 1.57. The number of rotatable bonds is 4. The van der Waals surface area contributed by atoms with Gasteiger partial charge in [-0.05, 0) is 6.07 Å². The van der Waals surface area contributed by atoms with Gasteiger partial charge in [0.1, 0.15) is 9.93 Å². The standard InChI is InChI=1S/C9H7N3O4S/c13-9(11-5-7-10-3-4-17-7)6-1-2-8(16-6)12(14)15/h1-4H,5H2,(H,11,13). The maximum absolute atomic E-state index is 11.5. The van der Waals surface area contributed by atoms with Crippen molar-refractivity contribution < 1.29 is 14.1 Å². The molecule has 17 heavy (non-hydrogen) atoms. The molecule has 7 nitrogen and oxygen atoms in total. The van der Waals surface area contributed by atoms with Crippen LogP contribution in [0, 0.1) is 10.1 Å². The van der Waals surface area contributed by atoms with Gasteiger partial charge in [-0.2, -0.15) is 0 Å². The number of nitrogens with one attached hydrogen (secondary N) is 1.